The van der Waals surface area contributed by atoms with E-state index in [0.717, 1.165) is 42.8 Å². The second kappa shape index (κ2) is 5.31. The van der Waals surface area contributed by atoms with Crippen LogP contribution in [0.3, 0.4) is 0 Å². The van der Waals surface area contributed by atoms with Crippen molar-refractivity contribution < 1.29 is 9.32 Å². The minimum absolute atomic E-state index is 0.224. The molecule has 0 saturated carbocycles. The van der Waals surface area contributed by atoms with Crippen molar-refractivity contribution in [2.45, 2.75) is 45.7 Å². The minimum atomic E-state index is 0.224. The van der Waals surface area contributed by atoms with Crippen LogP contribution in [0, 0.1) is 0 Å². The highest BCUT2D eigenvalue weighted by molar-refractivity contribution is 5.76. The van der Waals surface area contributed by atoms with Gasteiger partial charge in [-0.2, -0.15) is 0 Å². The van der Waals surface area contributed by atoms with Gasteiger partial charge in [0, 0.05) is 31.5 Å². The molecule has 2 N–H and O–H groups in total. The number of amides is 1. The summed E-state index contributed by atoms with van der Waals surface area (Å²) in [5, 5.41) is 3.93. The molecule has 1 aliphatic heterocycles. The molecule has 17 heavy (non-hydrogen) atoms. The Morgan fingerprint density at radius 3 is 3.12 bits per heavy atom. The molecule has 1 aromatic rings. The van der Waals surface area contributed by atoms with E-state index in [4.69, 9.17) is 10.3 Å². The number of aromatic nitrogens is 1. The summed E-state index contributed by atoms with van der Waals surface area (Å²) in [6.45, 7) is 3.80. The molecule has 0 unspecified atom stereocenters. The highest BCUT2D eigenvalue weighted by Gasteiger charge is 2.25. The third kappa shape index (κ3) is 2.49. The van der Waals surface area contributed by atoms with E-state index >= 15 is 0 Å². The fourth-order valence-electron chi connectivity index (χ4n) is 2.12. The number of fused-ring (bicyclic) bond motifs is 1. The van der Waals surface area contributed by atoms with Crippen molar-refractivity contribution in [3.63, 3.8) is 0 Å². The average Bonchev–Trinajstić information content (AvgIpc) is 2.77. The van der Waals surface area contributed by atoms with Crippen LogP contribution in [0.15, 0.2) is 4.52 Å². The molecule has 2 heterocycles. The Balaban J connectivity index is 2.04. The molecule has 0 fully saturated rings. The van der Waals surface area contributed by atoms with E-state index in [1.807, 2.05) is 4.90 Å². The Morgan fingerprint density at radius 2 is 2.41 bits per heavy atom. The fourth-order valence-corrected chi connectivity index (χ4v) is 2.12. The number of nitrogens with two attached hydrogens (primary N) is 1. The number of hydrogen-bond acceptors (Lipinski definition) is 4. The molecule has 1 aromatic heterocycles. The molecule has 0 atom stereocenters. The Kier molecular flexibility index (Phi) is 3.78. The first-order valence-corrected chi connectivity index (χ1v) is 6.20. The number of carbonyl (C=O) groups is 1. The van der Waals surface area contributed by atoms with Crippen molar-refractivity contribution in [2.24, 2.45) is 5.73 Å². The van der Waals surface area contributed by atoms with E-state index in [9.17, 15) is 4.79 Å². The van der Waals surface area contributed by atoms with Gasteiger partial charge >= 0.3 is 0 Å². The van der Waals surface area contributed by atoms with Gasteiger partial charge in [0.05, 0.1) is 6.54 Å². The molecule has 0 bridgehead atoms. The summed E-state index contributed by atoms with van der Waals surface area (Å²) >= 11 is 0. The lowest BCUT2D eigenvalue weighted by molar-refractivity contribution is -0.132. The standard InChI is InChI=1S/C12H19N3O2/c1-2-3-4-12(16)15-6-5-11-9(8-15)10(7-13)14-17-11/h2-8,13H2,1H3. The van der Waals surface area contributed by atoms with Gasteiger partial charge in [0.1, 0.15) is 11.5 Å². The van der Waals surface area contributed by atoms with E-state index < -0.39 is 0 Å². The molecule has 0 aromatic carbocycles. The largest absolute Gasteiger partial charge is 0.361 e. The fraction of sp³-hybridized carbons (Fsp3) is 0.667. The van der Waals surface area contributed by atoms with E-state index in [-0.39, 0.29) is 5.91 Å². The minimum Gasteiger partial charge on any atom is -0.361 e. The molecule has 0 saturated heterocycles. The zero-order valence-electron chi connectivity index (χ0n) is 10.2. The Hall–Kier alpha value is -1.36. The average molecular weight is 237 g/mol. The van der Waals surface area contributed by atoms with Gasteiger partial charge < -0.3 is 15.2 Å². The summed E-state index contributed by atoms with van der Waals surface area (Å²) in [6, 6.07) is 0. The molecule has 1 amide bonds. The van der Waals surface area contributed by atoms with Gasteiger partial charge in [0.25, 0.3) is 0 Å². The van der Waals surface area contributed by atoms with Gasteiger partial charge in [0.2, 0.25) is 5.91 Å². The topological polar surface area (TPSA) is 72.4 Å². The first kappa shape index (κ1) is 12.1. The molecule has 0 spiro atoms. The molecular weight excluding hydrogens is 218 g/mol. The molecule has 1 aliphatic rings. The highest BCUT2D eigenvalue weighted by atomic mass is 16.5. The van der Waals surface area contributed by atoms with Gasteiger partial charge in [0.15, 0.2) is 0 Å². The maximum atomic E-state index is 11.9. The van der Waals surface area contributed by atoms with Crippen molar-refractivity contribution in [1.82, 2.24) is 10.1 Å². The first-order valence-electron chi connectivity index (χ1n) is 6.20. The number of unbranched alkanes of at least 4 members (excludes halogenated alkanes) is 1. The Bertz CT molecular complexity index is 387. The van der Waals surface area contributed by atoms with Crippen LogP contribution in [-0.4, -0.2) is 22.5 Å². The van der Waals surface area contributed by atoms with Gasteiger partial charge in [-0.25, -0.2) is 0 Å². The smallest absolute Gasteiger partial charge is 0.222 e. The van der Waals surface area contributed by atoms with Crippen LogP contribution < -0.4 is 5.73 Å². The van der Waals surface area contributed by atoms with Gasteiger partial charge in [-0.15, -0.1) is 0 Å². The zero-order chi connectivity index (χ0) is 12.3. The summed E-state index contributed by atoms with van der Waals surface area (Å²) in [7, 11) is 0. The van der Waals surface area contributed by atoms with Crippen molar-refractivity contribution in [3.05, 3.63) is 17.0 Å². The van der Waals surface area contributed by atoms with Crippen LogP contribution in [0.4, 0.5) is 0 Å². The SMILES string of the molecule is CCCCC(=O)N1CCc2onc(CN)c2C1. The molecular formula is C12H19N3O2. The normalized spacial score (nSPS) is 14.8. The summed E-state index contributed by atoms with van der Waals surface area (Å²) in [5.74, 6) is 1.12. The van der Waals surface area contributed by atoms with Gasteiger partial charge in [-0.3, -0.25) is 4.79 Å². The number of rotatable bonds is 4. The summed E-state index contributed by atoms with van der Waals surface area (Å²) in [4.78, 5) is 13.8. The van der Waals surface area contributed by atoms with E-state index in [0.29, 0.717) is 19.5 Å². The quantitative estimate of drug-likeness (QED) is 0.854. The van der Waals surface area contributed by atoms with Crippen LogP contribution >= 0.6 is 0 Å². The number of hydrogen-bond donors (Lipinski definition) is 1. The predicted octanol–water partition coefficient (Wildman–Crippen LogP) is 1.21. The summed E-state index contributed by atoms with van der Waals surface area (Å²) < 4.78 is 5.22. The van der Waals surface area contributed by atoms with Crippen LogP contribution in [-0.2, 0) is 24.3 Å². The van der Waals surface area contributed by atoms with Crippen LogP contribution in [0.1, 0.15) is 43.2 Å². The summed E-state index contributed by atoms with van der Waals surface area (Å²) in [5.41, 5.74) is 7.40. The lowest BCUT2D eigenvalue weighted by Crippen LogP contribution is -2.35. The summed E-state index contributed by atoms with van der Waals surface area (Å²) in [6.07, 6.45) is 3.39. The van der Waals surface area contributed by atoms with Crippen molar-refractivity contribution in [2.75, 3.05) is 6.54 Å². The van der Waals surface area contributed by atoms with Crippen LogP contribution in [0.25, 0.3) is 0 Å². The van der Waals surface area contributed by atoms with Crippen molar-refractivity contribution >= 4 is 5.91 Å². The maximum absolute atomic E-state index is 11.9. The van der Waals surface area contributed by atoms with Gasteiger partial charge in [-0.1, -0.05) is 18.5 Å². The molecule has 94 valence electrons. The molecule has 0 aliphatic carbocycles. The lowest BCUT2D eigenvalue weighted by Gasteiger charge is -2.26. The van der Waals surface area contributed by atoms with E-state index in [2.05, 4.69) is 12.1 Å². The van der Waals surface area contributed by atoms with Crippen LogP contribution in [0.5, 0.6) is 0 Å². The van der Waals surface area contributed by atoms with Crippen LogP contribution in [0.2, 0.25) is 0 Å². The predicted molar refractivity (Wildman–Crippen MR) is 63.0 cm³/mol. The molecule has 5 nitrogen and oxygen atoms in total. The monoisotopic (exact) mass is 237 g/mol. The molecule has 2 rings (SSSR count). The Morgan fingerprint density at radius 1 is 1.59 bits per heavy atom. The Labute approximate surface area is 101 Å². The second-order valence-electron chi connectivity index (χ2n) is 4.40. The molecule has 5 heteroatoms. The second-order valence-corrected chi connectivity index (χ2v) is 4.40. The van der Waals surface area contributed by atoms with Gasteiger partial charge in [-0.05, 0) is 6.42 Å². The van der Waals surface area contributed by atoms with E-state index in [1.54, 1.807) is 0 Å². The zero-order valence-corrected chi connectivity index (χ0v) is 10.2. The number of nitrogens with zero attached hydrogens (tertiary/aromatic N) is 2. The first-order chi connectivity index (χ1) is 8.26. The third-order valence-electron chi connectivity index (χ3n) is 3.20. The lowest BCUT2D eigenvalue weighted by atomic mass is 10.1. The maximum Gasteiger partial charge on any atom is 0.222 e. The van der Waals surface area contributed by atoms with Crippen molar-refractivity contribution in [3.8, 4) is 0 Å². The highest BCUT2D eigenvalue weighted by Crippen LogP contribution is 2.22. The number of carbonyl (C=O) groups excluding carboxylic acids is 1. The molecule has 0 radical (unpaired) electrons. The van der Waals surface area contributed by atoms with Crippen molar-refractivity contribution in [1.29, 1.82) is 0 Å². The van der Waals surface area contributed by atoms with E-state index in [1.165, 1.54) is 0 Å². The third-order valence-corrected chi connectivity index (χ3v) is 3.20.